The van der Waals surface area contributed by atoms with Crippen LogP contribution in [0.2, 0.25) is 0 Å². The molecule has 0 spiro atoms. The van der Waals surface area contributed by atoms with E-state index in [0.29, 0.717) is 19.0 Å². The number of ether oxygens (including phenoxy) is 2. The number of benzene rings is 2. The van der Waals surface area contributed by atoms with Gasteiger partial charge < -0.3 is 14.8 Å². The molecule has 0 radical (unpaired) electrons. The Bertz CT molecular complexity index is 789. The normalized spacial score (nSPS) is 10.4. The SMILES string of the molecule is CCOc1cc(CNc2ccccc2-c2nn[nH]n2)ccc1OC. The Morgan fingerprint density at radius 1 is 1.12 bits per heavy atom. The molecule has 0 saturated carbocycles. The van der Waals surface area contributed by atoms with E-state index in [0.717, 1.165) is 28.3 Å². The highest BCUT2D eigenvalue weighted by molar-refractivity contribution is 5.72. The van der Waals surface area contributed by atoms with Crippen LogP contribution in [0.25, 0.3) is 11.4 Å². The van der Waals surface area contributed by atoms with Gasteiger partial charge in [-0.25, -0.2) is 0 Å². The van der Waals surface area contributed by atoms with Crippen molar-refractivity contribution in [2.24, 2.45) is 0 Å². The third kappa shape index (κ3) is 3.45. The standard InChI is InChI=1S/C17H19N5O2/c1-3-24-16-10-12(8-9-15(16)23-2)11-18-14-7-5-4-6-13(14)17-19-21-22-20-17/h4-10,18H,3,11H2,1-2H3,(H,19,20,21,22). The van der Waals surface area contributed by atoms with Gasteiger partial charge in [-0.05, 0) is 42.0 Å². The summed E-state index contributed by atoms with van der Waals surface area (Å²) >= 11 is 0. The van der Waals surface area contributed by atoms with Gasteiger partial charge in [0, 0.05) is 17.8 Å². The first kappa shape index (κ1) is 15.8. The van der Waals surface area contributed by atoms with Crippen LogP contribution in [0.15, 0.2) is 42.5 Å². The van der Waals surface area contributed by atoms with E-state index in [-0.39, 0.29) is 0 Å². The second kappa shape index (κ2) is 7.45. The van der Waals surface area contributed by atoms with Crippen LogP contribution >= 0.6 is 0 Å². The van der Waals surface area contributed by atoms with Gasteiger partial charge in [0.25, 0.3) is 0 Å². The minimum absolute atomic E-state index is 0.558. The number of aromatic amines is 1. The molecular weight excluding hydrogens is 306 g/mol. The smallest absolute Gasteiger partial charge is 0.206 e. The molecule has 7 heteroatoms. The monoisotopic (exact) mass is 325 g/mol. The van der Waals surface area contributed by atoms with E-state index in [1.54, 1.807) is 7.11 Å². The van der Waals surface area contributed by atoms with Crippen LogP contribution in [-0.4, -0.2) is 34.3 Å². The predicted octanol–water partition coefficient (Wildman–Crippen LogP) is 2.89. The lowest BCUT2D eigenvalue weighted by atomic mass is 10.1. The van der Waals surface area contributed by atoms with Crippen molar-refractivity contribution in [3.05, 3.63) is 48.0 Å². The molecule has 0 bridgehead atoms. The molecule has 7 nitrogen and oxygen atoms in total. The van der Waals surface area contributed by atoms with Crippen molar-refractivity contribution in [2.45, 2.75) is 13.5 Å². The Labute approximate surface area is 140 Å². The molecular formula is C17H19N5O2. The molecule has 1 heterocycles. The van der Waals surface area contributed by atoms with E-state index in [2.05, 4.69) is 25.9 Å². The Morgan fingerprint density at radius 2 is 2.00 bits per heavy atom. The van der Waals surface area contributed by atoms with E-state index in [4.69, 9.17) is 9.47 Å². The maximum absolute atomic E-state index is 5.62. The average molecular weight is 325 g/mol. The molecule has 1 aromatic heterocycles. The zero-order chi connectivity index (χ0) is 16.8. The summed E-state index contributed by atoms with van der Waals surface area (Å²) < 4.78 is 10.9. The highest BCUT2D eigenvalue weighted by Gasteiger charge is 2.09. The van der Waals surface area contributed by atoms with Gasteiger partial charge in [-0.3, -0.25) is 0 Å². The molecule has 0 aliphatic carbocycles. The maximum Gasteiger partial charge on any atom is 0.206 e. The van der Waals surface area contributed by atoms with Gasteiger partial charge in [-0.1, -0.05) is 18.2 Å². The summed E-state index contributed by atoms with van der Waals surface area (Å²) in [5.41, 5.74) is 2.92. The van der Waals surface area contributed by atoms with Crippen LogP contribution in [0, 0.1) is 0 Å². The molecule has 2 aromatic carbocycles. The van der Waals surface area contributed by atoms with Gasteiger partial charge in [0.1, 0.15) is 0 Å². The van der Waals surface area contributed by atoms with Crippen LogP contribution in [0.5, 0.6) is 11.5 Å². The second-order valence-corrected chi connectivity index (χ2v) is 5.05. The molecule has 124 valence electrons. The van der Waals surface area contributed by atoms with Gasteiger partial charge in [0.05, 0.1) is 13.7 Å². The summed E-state index contributed by atoms with van der Waals surface area (Å²) in [5.74, 6) is 2.03. The number of rotatable bonds is 7. The third-order valence-electron chi connectivity index (χ3n) is 3.52. The Balaban J connectivity index is 1.78. The van der Waals surface area contributed by atoms with Gasteiger partial charge in [0.2, 0.25) is 5.82 Å². The van der Waals surface area contributed by atoms with Crippen LogP contribution in [0.3, 0.4) is 0 Å². The van der Waals surface area contributed by atoms with E-state index < -0.39 is 0 Å². The van der Waals surface area contributed by atoms with E-state index in [9.17, 15) is 0 Å². The van der Waals surface area contributed by atoms with Crippen LogP contribution in [0.4, 0.5) is 5.69 Å². The van der Waals surface area contributed by atoms with E-state index in [1.807, 2.05) is 49.4 Å². The van der Waals surface area contributed by atoms with Crippen molar-refractivity contribution in [3.8, 4) is 22.9 Å². The zero-order valence-corrected chi connectivity index (χ0v) is 13.6. The highest BCUT2D eigenvalue weighted by atomic mass is 16.5. The molecule has 0 atom stereocenters. The number of para-hydroxylation sites is 1. The molecule has 3 rings (SSSR count). The van der Waals surface area contributed by atoms with Crippen molar-refractivity contribution in [1.29, 1.82) is 0 Å². The fourth-order valence-corrected chi connectivity index (χ4v) is 2.40. The van der Waals surface area contributed by atoms with Crippen molar-refractivity contribution in [3.63, 3.8) is 0 Å². The Kier molecular flexibility index (Phi) is 4.90. The van der Waals surface area contributed by atoms with Gasteiger partial charge in [-0.15, -0.1) is 10.2 Å². The zero-order valence-electron chi connectivity index (χ0n) is 13.6. The fourth-order valence-electron chi connectivity index (χ4n) is 2.40. The Hall–Kier alpha value is -3.09. The topological polar surface area (TPSA) is 85.0 Å². The van der Waals surface area contributed by atoms with Gasteiger partial charge in [0.15, 0.2) is 11.5 Å². The fraction of sp³-hybridized carbons (Fsp3) is 0.235. The molecule has 0 aliphatic heterocycles. The number of nitrogens with one attached hydrogen (secondary N) is 2. The van der Waals surface area contributed by atoms with Crippen molar-refractivity contribution < 1.29 is 9.47 Å². The number of anilines is 1. The molecule has 0 saturated heterocycles. The minimum Gasteiger partial charge on any atom is -0.493 e. The molecule has 2 N–H and O–H groups in total. The maximum atomic E-state index is 5.62. The van der Waals surface area contributed by atoms with Crippen molar-refractivity contribution in [2.75, 3.05) is 19.0 Å². The minimum atomic E-state index is 0.558. The number of hydrogen-bond donors (Lipinski definition) is 2. The summed E-state index contributed by atoms with van der Waals surface area (Å²) in [5, 5.41) is 17.6. The lowest BCUT2D eigenvalue weighted by molar-refractivity contribution is 0.310. The van der Waals surface area contributed by atoms with Crippen molar-refractivity contribution >= 4 is 5.69 Å². The van der Waals surface area contributed by atoms with Crippen LogP contribution < -0.4 is 14.8 Å². The lowest BCUT2D eigenvalue weighted by Crippen LogP contribution is -2.03. The average Bonchev–Trinajstić information content (AvgIpc) is 3.15. The number of nitrogens with zero attached hydrogens (tertiary/aromatic N) is 3. The first-order chi connectivity index (χ1) is 11.8. The van der Waals surface area contributed by atoms with E-state index >= 15 is 0 Å². The molecule has 0 fully saturated rings. The highest BCUT2D eigenvalue weighted by Crippen LogP contribution is 2.29. The first-order valence-electron chi connectivity index (χ1n) is 7.68. The summed E-state index contributed by atoms with van der Waals surface area (Å²) in [6.07, 6.45) is 0. The number of hydrogen-bond acceptors (Lipinski definition) is 6. The predicted molar refractivity (Wildman–Crippen MR) is 91.1 cm³/mol. The van der Waals surface area contributed by atoms with Gasteiger partial charge in [-0.2, -0.15) is 5.21 Å². The van der Waals surface area contributed by atoms with Gasteiger partial charge >= 0.3 is 0 Å². The number of tetrazole rings is 1. The first-order valence-corrected chi connectivity index (χ1v) is 7.68. The molecule has 0 amide bonds. The summed E-state index contributed by atoms with van der Waals surface area (Å²) in [4.78, 5) is 0. The van der Waals surface area contributed by atoms with Crippen molar-refractivity contribution in [1.82, 2.24) is 20.6 Å². The summed E-state index contributed by atoms with van der Waals surface area (Å²) in [6.45, 7) is 3.18. The lowest BCUT2D eigenvalue weighted by Gasteiger charge is -2.13. The number of methoxy groups -OCH3 is 1. The number of H-pyrrole nitrogens is 1. The number of aromatic nitrogens is 4. The van der Waals surface area contributed by atoms with Crippen LogP contribution in [0.1, 0.15) is 12.5 Å². The summed E-state index contributed by atoms with van der Waals surface area (Å²) in [6, 6.07) is 13.7. The largest absolute Gasteiger partial charge is 0.493 e. The quantitative estimate of drug-likeness (QED) is 0.695. The van der Waals surface area contributed by atoms with E-state index in [1.165, 1.54) is 0 Å². The van der Waals surface area contributed by atoms with Crippen LogP contribution in [-0.2, 0) is 6.54 Å². The Morgan fingerprint density at radius 3 is 2.75 bits per heavy atom. The summed E-state index contributed by atoms with van der Waals surface area (Å²) in [7, 11) is 1.64. The molecule has 3 aromatic rings. The molecule has 0 aliphatic rings. The third-order valence-corrected chi connectivity index (χ3v) is 3.52. The second-order valence-electron chi connectivity index (χ2n) is 5.05. The molecule has 24 heavy (non-hydrogen) atoms. The molecule has 0 unspecified atom stereocenters.